The maximum Gasteiger partial charge on any atom is 0.333 e. The normalized spacial score (nSPS) is 17.5. The van der Waals surface area contributed by atoms with Gasteiger partial charge in [0.25, 0.3) is 11.8 Å². The third-order valence-electron chi connectivity index (χ3n) is 2.33. The minimum Gasteiger partial charge on any atom is -0.268 e. The molecule has 5 heteroatoms. The summed E-state index contributed by atoms with van der Waals surface area (Å²) in [5.41, 5.74) is 0.0679. The third kappa shape index (κ3) is 1.65. The summed E-state index contributed by atoms with van der Waals surface area (Å²) in [5.74, 6) is -1.00. The van der Waals surface area contributed by atoms with Gasteiger partial charge in [-0.15, -0.1) is 0 Å². The maximum absolute atomic E-state index is 11.7. The van der Waals surface area contributed by atoms with Gasteiger partial charge < -0.3 is 0 Å². The van der Waals surface area contributed by atoms with Gasteiger partial charge >= 0.3 is 6.03 Å². The van der Waals surface area contributed by atoms with E-state index in [1.54, 1.807) is 20.8 Å². The first-order chi connectivity index (χ1) is 7.08. The second kappa shape index (κ2) is 4.25. The van der Waals surface area contributed by atoms with Crippen molar-refractivity contribution in [3.63, 3.8) is 0 Å². The highest BCUT2D eigenvalue weighted by Crippen LogP contribution is 2.16. The quantitative estimate of drug-likeness (QED) is 0.499. The number of hydrogen-bond acceptors (Lipinski definition) is 3. The van der Waals surface area contributed by atoms with E-state index in [9.17, 15) is 14.4 Å². The molecule has 1 rings (SSSR count). The molecular formula is C10H14N2O3. The summed E-state index contributed by atoms with van der Waals surface area (Å²) in [6.07, 6.45) is 1.45. The van der Waals surface area contributed by atoms with Crippen molar-refractivity contribution in [1.29, 1.82) is 0 Å². The number of imide groups is 2. The van der Waals surface area contributed by atoms with Crippen LogP contribution >= 0.6 is 0 Å². The fourth-order valence-electron chi connectivity index (χ4n) is 1.51. The van der Waals surface area contributed by atoms with E-state index in [0.717, 1.165) is 9.80 Å². The summed E-state index contributed by atoms with van der Waals surface area (Å²) in [6.45, 7) is 5.57. The molecule has 1 saturated heterocycles. The topological polar surface area (TPSA) is 57.7 Å². The number of rotatable bonds is 2. The SMILES string of the molecule is CC=C1C(=O)N(CC)C(=O)N(CC)C1=O. The van der Waals surface area contributed by atoms with Gasteiger partial charge in [0, 0.05) is 13.1 Å². The lowest BCUT2D eigenvalue weighted by atomic mass is 10.1. The molecule has 1 fully saturated rings. The van der Waals surface area contributed by atoms with E-state index in [1.165, 1.54) is 6.08 Å². The van der Waals surface area contributed by atoms with Crippen LogP contribution in [0, 0.1) is 0 Å². The smallest absolute Gasteiger partial charge is 0.268 e. The number of allylic oxidation sites excluding steroid dienone is 1. The summed E-state index contributed by atoms with van der Waals surface area (Å²) < 4.78 is 0. The molecule has 1 aliphatic rings. The zero-order chi connectivity index (χ0) is 11.6. The van der Waals surface area contributed by atoms with Gasteiger partial charge in [-0.2, -0.15) is 0 Å². The summed E-state index contributed by atoms with van der Waals surface area (Å²) >= 11 is 0. The molecule has 0 aromatic rings. The Morgan fingerprint density at radius 2 is 1.40 bits per heavy atom. The van der Waals surface area contributed by atoms with Crippen molar-refractivity contribution in [2.75, 3.05) is 13.1 Å². The predicted octanol–water partition coefficient (Wildman–Crippen LogP) is 0.763. The molecule has 4 amide bonds. The Balaban J connectivity index is 3.15. The summed E-state index contributed by atoms with van der Waals surface area (Å²) in [4.78, 5) is 37.1. The molecule has 0 spiro atoms. The fraction of sp³-hybridized carbons (Fsp3) is 0.500. The summed E-state index contributed by atoms with van der Waals surface area (Å²) in [6, 6.07) is -0.527. The number of amides is 4. The maximum atomic E-state index is 11.7. The van der Waals surface area contributed by atoms with E-state index in [2.05, 4.69) is 0 Å². The fourth-order valence-corrected chi connectivity index (χ4v) is 1.51. The van der Waals surface area contributed by atoms with E-state index in [-0.39, 0.29) is 18.7 Å². The molecule has 82 valence electrons. The molecule has 0 aromatic carbocycles. The summed E-state index contributed by atoms with van der Waals surface area (Å²) in [7, 11) is 0. The molecule has 1 aliphatic heterocycles. The number of urea groups is 1. The molecule has 15 heavy (non-hydrogen) atoms. The Kier molecular flexibility index (Phi) is 3.24. The van der Waals surface area contributed by atoms with Crippen LogP contribution in [0.3, 0.4) is 0 Å². The molecule has 0 N–H and O–H groups in total. The van der Waals surface area contributed by atoms with E-state index < -0.39 is 17.8 Å². The van der Waals surface area contributed by atoms with E-state index in [4.69, 9.17) is 0 Å². The lowest BCUT2D eigenvalue weighted by Crippen LogP contribution is -2.56. The number of nitrogens with zero attached hydrogens (tertiary/aromatic N) is 2. The zero-order valence-electron chi connectivity index (χ0n) is 9.11. The molecule has 0 aliphatic carbocycles. The first kappa shape index (κ1) is 11.4. The lowest BCUT2D eigenvalue weighted by Gasteiger charge is -2.32. The second-order valence-corrected chi connectivity index (χ2v) is 3.08. The first-order valence-corrected chi connectivity index (χ1v) is 4.92. The van der Waals surface area contributed by atoms with Gasteiger partial charge in [-0.05, 0) is 20.8 Å². The Morgan fingerprint density at radius 3 is 1.67 bits per heavy atom. The number of carbonyl (C=O) groups is 3. The Labute approximate surface area is 88.3 Å². The van der Waals surface area contributed by atoms with Crippen LogP contribution in [0.4, 0.5) is 4.79 Å². The van der Waals surface area contributed by atoms with Crippen LogP contribution < -0.4 is 0 Å². The molecule has 0 saturated carbocycles. The van der Waals surface area contributed by atoms with E-state index in [1.807, 2.05) is 0 Å². The van der Waals surface area contributed by atoms with Gasteiger partial charge in [0.05, 0.1) is 0 Å². The van der Waals surface area contributed by atoms with Crippen LogP contribution in [-0.2, 0) is 9.59 Å². The zero-order valence-corrected chi connectivity index (χ0v) is 9.11. The van der Waals surface area contributed by atoms with Crippen molar-refractivity contribution in [2.45, 2.75) is 20.8 Å². The van der Waals surface area contributed by atoms with Crippen molar-refractivity contribution in [1.82, 2.24) is 9.80 Å². The van der Waals surface area contributed by atoms with Crippen LogP contribution in [0.15, 0.2) is 11.6 Å². The Bertz CT molecular complexity index is 319. The molecule has 0 bridgehead atoms. The van der Waals surface area contributed by atoms with Crippen molar-refractivity contribution in [2.24, 2.45) is 0 Å². The Hall–Kier alpha value is -1.65. The number of hydrogen-bond donors (Lipinski definition) is 0. The predicted molar refractivity (Wildman–Crippen MR) is 53.9 cm³/mol. The minimum atomic E-state index is -0.527. The average molecular weight is 210 g/mol. The Morgan fingerprint density at radius 1 is 1.00 bits per heavy atom. The average Bonchev–Trinajstić information content (AvgIpc) is 2.19. The van der Waals surface area contributed by atoms with Gasteiger partial charge in [0.15, 0.2) is 0 Å². The van der Waals surface area contributed by atoms with Crippen LogP contribution in [0.1, 0.15) is 20.8 Å². The molecular weight excluding hydrogens is 196 g/mol. The highest BCUT2D eigenvalue weighted by Gasteiger charge is 2.39. The first-order valence-electron chi connectivity index (χ1n) is 4.92. The molecule has 0 atom stereocenters. The van der Waals surface area contributed by atoms with Gasteiger partial charge in [-0.3, -0.25) is 19.4 Å². The largest absolute Gasteiger partial charge is 0.333 e. The van der Waals surface area contributed by atoms with Gasteiger partial charge in [-0.1, -0.05) is 6.08 Å². The molecule has 0 aromatic heterocycles. The summed E-state index contributed by atoms with van der Waals surface area (Å²) in [5, 5.41) is 0. The standard InChI is InChI=1S/C10H14N2O3/c1-4-7-8(13)11(5-2)10(15)12(6-3)9(7)14/h4H,5-6H2,1-3H3. The highest BCUT2D eigenvalue weighted by molar-refractivity contribution is 6.28. The van der Waals surface area contributed by atoms with Crippen molar-refractivity contribution in [3.8, 4) is 0 Å². The van der Waals surface area contributed by atoms with Crippen molar-refractivity contribution in [3.05, 3.63) is 11.6 Å². The molecule has 0 unspecified atom stereocenters. The number of likely N-dealkylation sites (N-methyl/N-ethyl adjacent to an activating group) is 2. The monoisotopic (exact) mass is 210 g/mol. The van der Waals surface area contributed by atoms with Crippen LogP contribution in [-0.4, -0.2) is 40.7 Å². The number of carbonyl (C=O) groups excluding carboxylic acids is 3. The highest BCUT2D eigenvalue weighted by atomic mass is 16.2. The van der Waals surface area contributed by atoms with E-state index in [0.29, 0.717) is 0 Å². The number of barbiturate groups is 1. The van der Waals surface area contributed by atoms with Crippen LogP contribution in [0.25, 0.3) is 0 Å². The molecule has 1 heterocycles. The minimum absolute atomic E-state index is 0.0679. The van der Waals surface area contributed by atoms with E-state index >= 15 is 0 Å². The lowest BCUT2D eigenvalue weighted by molar-refractivity contribution is -0.135. The van der Waals surface area contributed by atoms with Crippen LogP contribution in [0.2, 0.25) is 0 Å². The van der Waals surface area contributed by atoms with Gasteiger partial charge in [0.2, 0.25) is 0 Å². The van der Waals surface area contributed by atoms with Gasteiger partial charge in [0.1, 0.15) is 5.57 Å². The van der Waals surface area contributed by atoms with Crippen molar-refractivity contribution < 1.29 is 14.4 Å². The van der Waals surface area contributed by atoms with Crippen molar-refractivity contribution >= 4 is 17.8 Å². The third-order valence-corrected chi connectivity index (χ3v) is 2.33. The van der Waals surface area contributed by atoms with Gasteiger partial charge in [-0.25, -0.2) is 4.79 Å². The molecule has 5 nitrogen and oxygen atoms in total. The second-order valence-electron chi connectivity index (χ2n) is 3.08. The molecule has 0 radical (unpaired) electrons. The van der Waals surface area contributed by atoms with Crippen LogP contribution in [0.5, 0.6) is 0 Å².